The molecule has 6 aromatic rings. The fourth-order valence-electron chi connectivity index (χ4n) is 5.52. The number of anilines is 2. The lowest BCUT2D eigenvalue weighted by Crippen LogP contribution is -2.07. The molecule has 0 radical (unpaired) electrons. The van der Waals surface area contributed by atoms with Gasteiger partial charge in [0.1, 0.15) is 0 Å². The molecule has 0 N–H and O–H groups in total. The molecule has 0 spiro atoms. The van der Waals surface area contributed by atoms with E-state index in [9.17, 15) is 0 Å². The van der Waals surface area contributed by atoms with Crippen molar-refractivity contribution in [1.82, 2.24) is 0 Å². The summed E-state index contributed by atoms with van der Waals surface area (Å²) >= 11 is 0. The summed E-state index contributed by atoms with van der Waals surface area (Å²) in [6, 6.07) is 37.6. The smallest absolute Gasteiger partial charge is 0.0964 e. The van der Waals surface area contributed by atoms with E-state index in [1.54, 1.807) is 0 Å². The van der Waals surface area contributed by atoms with Gasteiger partial charge in [-0.1, -0.05) is 54.6 Å². The van der Waals surface area contributed by atoms with Crippen LogP contribution >= 0.6 is 0 Å². The van der Waals surface area contributed by atoms with Crippen molar-refractivity contribution < 1.29 is 0 Å². The fourth-order valence-corrected chi connectivity index (χ4v) is 5.52. The standard InChI is InChI=1S/C38H36N6/c1-25-14-23-33-31(12-9-13-35(33)37(25)41-39-27-15-19-29(20-16-27)43(3)4)36-24-26(2)38(34-11-8-7-10-32(34)36)42-40-28-17-21-30(22-18-28)44(5)6/h7-24H,1-6H3. The van der Waals surface area contributed by atoms with Crippen LogP contribution in [0.15, 0.2) is 130 Å². The van der Waals surface area contributed by atoms with Crippen LogP contribution in [-0.2, 0) is 0 Å². The van der Waals surface area contributed by atoms with Crippen molar-refractivity contribution in [3.8, 4) is 11.1 Å². The molecule has 6 nitrogen and oxygen atoms in total. The Bertz CT molecular complexity index is 2020. The van der Waals surface area contributed by atoms with Gasteiger partial charge in [0.2, 0.25) is 0 Å². The number of fused-ring (bicyclic) bond motifs is 2. The molecule has 6 rings (SSSR count). The van der Waals surface area contributed by atoms with Crippen LogP contribution in [0.3, 0.4) is 0 Å². The van der Waals surface area contributed by atoms with Crippen LogP contribution in [0.25, 0.3) is 32.7 Å². The summed E-state index contributed by atoms with van der Waals surface area (Å²) in [6.07, 6.45) is 0. The van der Waals surface area contributed by atoms with E-state index in [0.717, 1.165) is 77.9 Å². The first-order valence-electron chi connectivity index (χ1n) is 14.7. The van der Waals surface area contributed by atoms with Crippen molar-refractivity contribution in [3.63, 3.8) is 0 Å². The molecule has 6 heteroatoms. The quantitative estimate of drug-likeness (QED) is 0.177. The normalized spacial score (nSPS) is 11.7. The molecule has 0 aliphatic rings. The van der Waals surface area contributed by atoms with Gasteiger partial charge >= 0.3 is 0 Å². The van der Waals surface area contributed by atoms with Crippen LogP contribution in [0.5, 0.6) is 0 Å². The SMILES string of the molecule is Cc1ccc2c(-c3cc(C)c(N=Nc4ccc(N(C)C)cc4)c4ccccc34)cccc2c1N=Nc1ccc(N(C)C)cc1. The first-order valence-corrected chi connectivity index (χ1v) is 14.7. The zero-order valence-corrected chi connectivity index (χ0v) is 26.1. The van der Waals surface area contributed by atoms with Crippen LogP contribution in [-0.4, -0.2) is 28.2 Å². The molecule has 44 heavy (non-hydrogen) atoms. The van der Waals surface area contributed by atoms with Crippen molar-refractivity contribution in [3.05, 3.63) is 120 Å². The highest BCUT2D eigenvalue weighted by Crippen LogP contribution is 2.42. The molecule has 0 bridgehead atoms. The molecule has 0 amide bonds. The molecule has 6 aromatic carbocycles. The Morgan fingerprint density at radius 2 is 0.886 bits per heavy atom. The minimum absolute atomic E-state index is 0.822. The van der Waals surface area contributed by atoms with E-state index in [4.69, 9.17) is 10.2 Å². The van der Waals surface area contributed by atoms with Gasteiger partial charge in [0.05, 0.1) is 22.7 Å². The van der Waals surface area contributed by atoms with E-state index in [2.05, 4.69) is 119 Å². The Morgan fingerprint density at radius 1 is 0.409 bits per heavy atom. The number of aryl methyl sites for hydroxylation is 2. The summed E-state index contributed by atoms with van der Waals surface area (Å²) in [6.45, 7) is 4.19. The number of nitrogens with zero attached hydrogens (tertiary/aromatic N) is 6. The van der Waals surface area contributed by atoms with Gasteiger partial charge in [0.25, 0.3) is 0 Å². The van der Waals surface area contributed by atoms with Crippen molar-refractivity contribution >= 4 is 55.7 Å². The van der Waals surface area contributed by atoms with Gasteiger partial charge in [-0.3, -0.25) is 0 Å². The molecular formula is C38H36N6. The summed E-state index contributed by atoms with van der Waals surface area (Å²) < 4.78 is 0. The highest BCUT2D eigenvalue weighted by molar-refractivity contribution is 6.11. The fraction of sp³-hybridized carbons (Fsp3) is 0.158. The highest BCUT2D eigenvalue weighted by Gasteiger charge is 2.15. The largest absolute Gasteiger partial charge is 0.378 e. The van der Waals surface area contributed by atoms with E-state index < -0.39 is 0 Å². The number of rotatable bonds is 7. The second-order valence-electron chi connectivity index (χ2n) is 11.5. The number of benzene rings is 6. The Labute approximate surface area is 259 Å². The van der Waals surface area contributed by atoms with Crippen molar-refractivity contribution in [1.29, 1.82) is 0 Å². The van der Waals surface area contributed by atoms with Crippen molar-refractivity contribution in [2.45, 2.75) is 13.8 Å². The van der Waals surface area contributed by atoms with E-state index in [1.807, 2.05) is 52.5 Å². The maximum atomic E-state index is 4.76. The lowest BCUT2D eigenvalue weighted by molar-refractivity contribution is 1.13. The van der Waals surface area contributed by atoms with E-state index in [1.165, 1.54) is 0 Å². The monoisotopic (exact) mass is 576 g/mol. The molecule has 0 unspecified atom stereocenters. The van der Waals surface area contributed by atoms with Gasteiger partial charge < -0.3 is 9.80 Å². The van der Waals surface area contributed by atoms with Crippen molar-refractivity contribution in [2.75, 3.05) is 38.0 Å². The first-order chi connectivity index (χ1) is 21.3. The molecular weight excluding hydrogens is 540 g/mol. The van der Waals surface area contributed by atoms with Gasteiger partial charge in [-0.15, -0.1) is 10.2 Å². The Kier molecular flexibility index (Phi) is 7.90. The van der Waals surface area contributed by atoms with Gasteiger partial charge in [-0.2, -0.15) is 10.2 Å². The lowest BCUT2D eigenvalue weighted by atomic mass is 9.90. The Balaban J connectivity index is 1.42. The van der Waals surface area contributed by atoms with Crippen LogP contribution in [0, 0.1) is 13.8 Å². The average Bonchev–Trinajstić information content (AvgIpc) is 3.03. The molecule has 0 heterocycles. The minimum Gasteiger partial charge on any atom is -0.378 e. The third-order valence-corrected chi connectivity index (χ3v) is 7.99. The third-order valence-electron chi connectivity index (χ3n) is 7.99. The lowest BCUT2D eigenvalue weighted by Gasteiger charge is -2.15. The summed E-state index contributed by atoms with van der Waals surface area (Å²) in [4.78, 5) is 4.14. The minimum atomic E-state index is 0.822. The molecule has 0 aliphatic carbocycles. The molecule has 0 fully saturated rings. The van der Waals surface area contributed by atoms with E-state index in [0.29, 0.717) is 0 Å². The Morgan fingerprint density at radius 3 is 1.43 bits per heavy atom. The van der Waals surface area contributed by atoms with E-state index >= 15 is 0 Å². The average molecular weight is 577 g/mol. The number of hydrogen-bond donors (Lipinski definition) is 0. The number of hydrogen-bond acceptors (Lipinski definition) is 6. The first kappa shape index (κ1) is 28.7. The zero-order chi connectivity index (χ0) is 30.8. The van der Waals surface area contributed by atoms with Crippen LogP contribution in [0.2, 0.25) is 0 Å². The van der Waals surface area contributed by atoms with Gasteiger partial charge in [-0.25, -0.2) is 0 Å². The molecule has 0 saturated carbocycles. The summed E-state index contributed by atoms with van der Waals surface area (Å²) in [5, 5.41) is 23.1. The summed E-state index contributed by atoms with van der Waals surface area (Å²) in [5.74, 6) is 0. The maximum absolute atomic E-state index is 4.76. The topological polar surface area (TPSA) is 55.9 Å². The van der Waals surface area contributed by atoms with Gasteiger partial charge in [0.15, 0.2) is 0 Å². The zero-order valence-electron chi connectivity index (χ0n) is 26.1. The summed E-state index contributed by atoms with van der Waals surface area (Å²) in [5.41, 5.74) is 10.1. The molecule has 0 aliphatic heterocycles. The molecule has 0 saturated heterocycles. The van der Waals surface area contributed by atoms with Crippen LogP contribution in [0.1, 0.15) is 11.1 Å². The van der Waals surface area contributed by atoms with E-state index in [-0.39, 0.29) is 0 Å². The van der Waals surface area contributed by atoms with Gasteiger partial charge in [-0.05, 0) is 101 Å². The van der Waals surface area contributed by atoms with Crippen molar-refractivity contribution in [2.24, 2.45) is 20.5 Å². The Hall–Kier alpha value is -5.36. The highest BCUT2D eigenvalue weighted by atomic mass is 15.1. The molecule has 218 valence electrons. The predicted octanol–water partition coefficient (Wildman–Crippen LogP) is 11.2. The summed E-state index contributed by atoms with van der Waals surface area (Å²) in [7, 11) is 8.12. The maximum Gasteiger partial charge on any atom is 0.0964 e. The molecule has 0 atom stereocenters. The predicted molar refractivity (Wildman–Crippen MR) is 186 cm³/mol. The van der Waals surface area contributed by atoms with Crippen LogP contribution < -0.4 is 9.80 Å². The number of azo groups is 2. The second-order valence-corrected chi connectivity index (χ2v) is 11.5. The molecule has 0 aromatic heterocycles. The van der Waals surface area contributed by atoms with Gasteiger partial charge in [0, 0.05) is 50.3 Å². The van der Waals surface area contributed by atoms with Crippen LogP contribution in [0.4, 0.5) is 34.1 Å². The third kappa shape index (κ3) is 5.66. The second kappa shape index (κ2) is 12.1.